The molecule has 6 heteroatoms. The first-order valence-corrected chi connectivity index (χ1v) is 6.41. The van der Waals surface area contributed by atoms with Crippen molar-refractivity contribution in [2.45, 2.75) is 19.3 Å². The first-order chi connectivity index (χ1) is 9.58. The van der Waals surface area contributed by atoms with Crippen LogP contribution in [0.4, 0.5) is 4.39 Å². The first kappa shape index (κ1) is 14.2. The number of nitrogens with one attached hydrogen (secondary N) is 1. The topological polar surface area (TPSA) is 66.5 Å². The van der Waals surface area contributed by atoms with Crippen LogP contribution >= 0.6 is 0 Å². The Bertz CT molecular complexity index is 529. The number of amides is 3. The van der Waals surface area contributed by atoms with Gasteiger partial charge in [-0.2, -0.15) is 0 Å². The predicted molar refractivity (Wildman–Crippen MR) is 69.1 cm³/mol. The van der Waals surface area contributed by atoms with Crippen LogP contribution in [0.25, 0.3) is 0 Å². The van der Waals surface area contributed by atoms with Crippen LogP contribution in [-0.2, 0) is 20.8 Å². The third kappa shape index (κ3) is 3.40. The third-order valence-corrected chi connectivity index (χ3v) is 3.13. The van der Waals surface area contributed by atoms with Crippen LogP contribution in [0.2, 0.25) is 0 Å². The van der Waals surface area contributed by atoms with Gasteiger partial charge in [-0.25, -0.2) is 4.39 Å². The van der Waals surface area contributed by atoms with Gasteiger partial charge in [0.15, 0.2) is 0 Å². The van der Waals surface area contributed by atoms with Gasteiger partial charge in [-0.05, 0) is 18.1 Å². The molecule has 0 radical (unpaired) electrons. The Hall–Kier alpha value is -2.24. The van der Waals surface area contributed by atoms with Crippen LogP contribution in [0.3, 0.4) is 0 Å². The van der Waals surface area contributed by atoms with Gasteiger partial charge < -0.3 is 5.32 Å². The lowest BCUT2D eigenvalue weighted by Crippen LogP contribution is -2.40. The highest BCUT2D eigenvalue weighted by atomic mass is 19.1. The van der Waals surface area contributed by atoms with E-state index in [0.717, 1.165) is 4.90 Å². The van der Waals surface area contributed by atoms with E-state index in [1.165, 1.54) is 6.07 Å². The zero-order valence-electron chi connectivity index (χ0n) is 10.9. The van der Waals surface area contributed by atoms with Crippen molar-refractivity contribution in [3.8, 4) is 0 Å². The maximum absolute atomic E-state index is 13.3. The number of carbonyl (C=O) groups is 3. The summed E-state index contributed by atoms with van der Waals surface area (Å²) in [5, 5.41) is 2.57. The molecule has 1 aliphatic rings. The van der Waals surface area contributed by atoms with Crippen LogP contribution in [0.5, 0.6) is 0 Å². The van der Waals surface area contributed by atoms with Gasteiger partial charge >= 0.3 is 0 Å². The molecule has 106 valence electrons. The van der Waals surface area contributed by atoms with E-state index in [-0.39, 0.29) is 43.6 Å². The van der Waals surface area contributed by atoms with Crippen molar-refractivity contribution >= 4 is 17.7 Å². The van der Waals surface area contributed by atoms with Crippen molar-refractivity contribution in [3.63, 3.8) is 0 Å². The van der Waals surface area contributed by atoms with E-state index in [9.17, 15) is 18.8 Å². The summed E-state index contributed by atoms with van der Waals surface area (Å²) in [6, 6.07) is 6.33. The number of imide groups is 1. The third-order valence-electron chi connectivity index (χ3n) is 3.13. The maximum Gasteiger partial charge on any atom is 0.240 e. The minimum Gasteiger partial charge on any atom is -0.354 e. The average Bonchev–Trinajstić information content (AvgIpc) is 2.73. The van der Waals surface area contributed by atoms with Gasteiger partial charge in [-0.15, -0.1) is 0 Å². The molecule has 0 spiro atoms. The van der Waals surface area contributed by atoms with E-state index in [1.54, 1.807) is 18.2 Å². The number of halogens is 1. The maximum atomic E-state index is 13.3. The predicted octanol–water partition coefficient (Wildman–Crippen LogP) is 0.633. The minimum atomic E-state index is -0.412. The molecule has 1 N–H and O–H groups in total. The molecule has 0 bridgehead atoms. The standard InChI is InChI=1S/C14H15FN2O3/c15-11-4-2-1-3-10(11)7-8-16-12(18)9-17-13(19)5-6-14(17)20/h1-4H,5-9H2,(H,16,18). The quantitative estimate of drug-likeness (QED) is 0.803. The molecule has 1 aliphatic heterocycles. The summed E-state index contributed by atoms with van der Waals surface area (Å²) in [6.45, 7) is 0.00489. The molecule has 20 heavy (non-hydrogen) atoms. The van der Waals surface area contributed by atoms with Crippen LogP contribution in [0, 0.1) is 5.82 Å². The molecule has 0 aromatic heterocycles. The molecular weight excluding hydrogens is 263 g/mol. The Labute approximate surface area is 115 Å². The number of hydrogen-bond acceptors (Lipinski definition) is 3. The number of hydrogen-bond donors (Lipinski definition) is 1. The Kier molecular flexibility index (Phi) is 4.45. The summed E-state index contributed by atoms with van der Waals surface area (Å²) in [6.07, 6.45) is 0.697. The molecule has 0 saturated carbocycles. The lowest BCUT2D eigenvalue weighted by atomic mass is 10.1. The number of likely N-dealkylation sites (tertiary alicyclic amines) is 1. The monoisotopic (exact) mass is 278 g/mol. The zero-order chi connectivity index (χ0) is 14.5. The normalized spacial score (nSPS) is 14.8. The van der Waals surface area contributed by atoms with Gasteiger partial charge in [0.1, 0.15) is 12.4 Å². The van der Waals surface area contributed by atoms with Gasteiger partial charge in [-0.1, -0.05) is 18.2 Å². The molecule has 0 unspecified atom stereocenters. The van der Waals surface area contributed by atoms with E-state index in [1.807, 2.05) is 0 Å². The van der Waals surface area contributed by atoms with Crippen LogP contribution < -0.4 is 5.32 Å². The van der Waals surface area contributed by atoms with E-state index in [0.29, 0.717) is 12.0 Å². The molecule has 1 aromatic rings. The number of benzene rings is 1. The second kappa shape index (κ2) is 6.27. The van der Waals surface area contributed by atoms with Crippen LogP contribution in [0.15, 0.2) is 24.3 Å². The summed E-state index contributed by atoms with van der Waals surface area (Å²) >= 11 is 0. The van der Waals surface area contributed by atoms with Crippen molar-refractivity contribution in [1.82, 2.24) is 10.2 Å². The number of nitrogens with zero attached hydrogens (tertiary/aromatic N) is 1. The van der Waals surface area contributed by atoms with Crippen molar-refractivity contribution in [2.24, 2.45) is 0 Å². The summed E-state index contributed by atoms with van der Waals surface area (Å²) < 4.78 is 13.3. The number of rotatable bonds is 5. The first-order valence-electron chi connectivity index (χ1n) is 6.41. The molecular formula is C14H15FN2O3. The highest BCUT2D eigenvalue weighted by Gasteiger charge is 2.30. The summed E-state index contributed by atoms with van der Waals surface area (Å²) in [5.41, 5.74) is 0.515. The van der Waals surface area contributed by atoms with E-state index in [2.05, 4.69) is 5.32 Å². The lowest BCUT2D eigenvalue weighted by molar-refractivity contribution is -0.142. The van der Waals surface area contributed by atoms with Crippen LogP contribution in [-0.4, -0.2) is 35.7 Å². The van der Waals surface area contributed by atoms with E-state index < -0.39 is 5.91 Å². The second-order valence-corrected chi connectivity index (χ2v) is 4.56. The van der Waals surface area contributed by atoms with Gasteiger partial charge in [0.05, 0.1) is 0 Å². The molecule has 0 aliphatic carbocycles. The summed E-state index contributed by atoms with van der Waals surface area (Å²) in [5.74, 6) is -1.37. The van der Waals surface area contributed by atoms with Crippen molar-refractivity contribution in [2.75, 3.05) is 13.1 Å². The molecule has 1 fully saturated rings. The van der Waals surface area contributed by atoms with Gasteiger partial charge in [0.25, 0.3) is 0 Å². The summed E-state index contributed by atoms with van der Waals surface area (Å²) in [4.78, 5) is 35.2. The fourth-order valence-electron chi connectivity index (χ4n) is 2.04. The lowest BCUT2D eigenvalue weighted by Gasteiger charge is -2.13. The largest absolute Gasteiger partial charge is 0.354 e. The Balaban J connectivity index is 1.77. The zero-order valence-corrected chi connectivity index (χ0v) is 10.9. The number of carbonyl (C=O) groups excluding carboxylic acids is 3. The van der Waals surface area contributed by atoms with Gasteiger partial charge in [0, 0.05) is 19.4 Å². The SMILES string of the molecule is O=C(CN1C(=O)CCC1=O)NCCc1ccccc1F. The highest BCUT2D eigenvalue weighted by molar-refractivity contribution is 6.04. The average molecular weight is 278 g/mol. The Morgan fingerprint density at radius 1 is 1.20 bits per heavy atom. The molecule has 1 saturated heterocycles. The van der Waals surface area contributed by atoms with Crippen LogP contribution in [0.1, 0.15) is 18.4 Å². The minimum absolute atomic E-state index is 0.168. The Morgan fingerprint density at radius 3 is 2.50 bits per heavy atom. The molecule has 3 amide bonds. The highest BCUT2D eigenvalue weighted by Crippen LogP contribution is 2.10. The molecule has 1 aromatic carbocycles. The molecule has 5 nitrogen and oxygen atoms in total. The van der Waals surface area contributed by atoms with Gasteiger partial charge in [0.2, 0.25) is 17.7 Å². The van der Waals surface area contributed by atoms with Crippen molar-refractivity contribution < 1.29 is 18.8 Å². The van der Waals surface area contributed by atoms with E-state index in [4.69, 9.17) is 0 Å². The fraction of sp³-hybridized carbons (Fsp3) is 0.357. The smallest absolute Gasteiger partial charge is 0.240 e. The van der Waals surface area contributed by atoms with Crippen molar-refractivity contribution in [3.05, 3.63) is 35.6 Å². The Morgan fingerprint density at radius 2 is 1.85 bits per heavy atom. The van der Waals surface area contributed by atoms with Crippen molar-refractivity contribution in [1.29, 1.82) is 0 Å². The van der Waals surface area contributed by atoms with E-state index >= 15 is 0 Å². The molecule has 2 rings (SSSR count). The molecule has 1 heterocycles. The van der Waals surface area contributed by atoms with Gasteiger partial charge in [-0.3, -0.25) is 19.3 Å². The fourth-order valence-corrected chi connectivity index (χ4v) is 2.04. The summed E-state index contributed by atoms with van der Waals surface area (Å²) in [7, 11) is 0. The molecule has 0 atom stereocenters. The second-order valence-electron chi connectivity index (χ2n) is 4.56.